The molecule has 0 bridgehead atoms. The minimum atomic E-state index is -0.423. The number of hydrogen-bond donors (Lipinski definition) is 0. The number of para-hydroxylation sites is 6. The highest BCUT2D eigenvalue weighted by Crippen LogP contribution is 2.57. The van der Waals surface area contributed by atoms with E-state index in [1.54, 1.807) is 0 Å². The van der Waals surface area contributed by atoms with Gasteiger partial charge in [0, 0.05) is 77.3 Å². The Hall–Kier alpha value is -14.2. The first-order valence-electron chi connectivity index (χ1n) is 37.1. The van der Waals surface area contributed by atoms with Crippen LogP contribution in [0.3, 0.4) is 0 Å². The zero-order valence-corrected chi connectivity index (χ0v) is 58.7. The molecule has 0 aliphatic carbocycles. The molecular formula is C102H64BN3O2. The van der Waals surface area contributed by atoms with E-state index in [1.807, 2.05) is 0 Å². The predicted molar refractivity (Wildman–Crippen MR) is 453 cm³/mol. The highest BCUT2D eigenvalue weighted by atomic mass is 16.3. The van der Waals surface area contributed by atoms with Crippen LogP contribution in [0.5, 0.6) is 0 Å². The first kappa shape index (κ1) is 61.3. The van der Waals surface area contributed by atoms with E-state index in [0.29, 0.717) is 0 Å². The monoisotopic (exact) mass is 1370 g/mol. The summed E-state index contributed by atoms with van der Waals surface area (Å²) >= 11 is 0. The molecule has 0 saturated carbocycles. The van der Waals surface area contributed by atoms with Crippen LogP contribution in [0.15, 0.2) is 397 Å². The molecule has 17 aromatic carbocycles. The fraction of sp³-hybridized carbons (Fsp3) is 0. The van der Waals surface area contributed by atoms with Crippen LogP contribution >= 0.6 is 0 Å². The van der Waals surface area contributed by atoms with Crippen molar-refractivity contribution in [1.29, 1.82) is 0 Å². The largest absolute Gasteiger partial charge is 0.456 e. The summed E-state index contributed by atoms with van der Waals surface area (Å²) in [6.07, 6.45) is 0. The molecule has 5 nitrogen and oxygen atoms in total. The van der Waals surface area contributed by atoms with E-state index in [4.69, 9.17) is 8.83 Å². The van der Waals surface area contributed by atoms with Gasteiger partial charge in [0.1, 0.15) is 16.7 Å². The summed E-state index contributed by atoms with van der Waals surface area (Å²) in [6.45, 7) is -0.423. The van der Waals surface area contributed by atoms with Crippen LogP contribution in [-0.4, -0.2) is 11.3 Å². The zero-order valence-electron chi connectivity index (χ0n) is 58.7. The molecule has 5 heterocycles. The summed E-state index contributed by atoms with van der Waals surface area (Å²) in [5.74, 6) is 0. The van der Waals surface area contributed by atoms with Crippen molar-refractivity contribution < 1.29 is 8.83 Å². The molecule has 502 valence electrons. The van der Waals surface area contributed by atoms with Crippen molar-refractivity contribution in [3.8, 4) is 94.7 Å². The van der Waals surface area contributed by atoms with E-state index in [0.717, 1.165) is 200 Å². The minimum Gasteiger partial charge on any atom is -0.456 e. The molecule has 0 amide bonds. The Morgan fingerprint density at radius 3 is 1.06 bits per heavy atom. The number of hydrogen-bond acceptors (Lipinski definition) is 4. The normalized spacial score (nSPS) is 12.4. The maximum Gasteiger partial charge on any atom is 0.252 e. The summed E-state index contributed by atoms with van der Waals surface area (Å²) in [6, 6.07) is 143. The fourth-order valence-electron chi connectivity index (χ4n) is 17.7. The Labute approximate surface area is 625 Å². The van der Waals surface area contributed by atoms with Crippen molar-refractivity contribution in [2.75, 3.05) is 9.80 Å². The van der Waals surface area contributed by atoms with Crippen molar-refractivity contribution >= 4 is 123 Å². The molecule has 0 N–H and O–H groups in total. The van der Waals surface area contributed by atoms with Gasteiger partial charge in [-0.3, -0.25) is 0 Å². The second-order valence-electron chi connectivity index (χ2n) is 28.5. The minimum absolute atomic E-state index is 0.423. The van der Waals surface area contributed by atoms with E-state index in [1.165, 1.54) is 10.8 Å². The molecule has 0 unspecified atom stereocenters. The van der Waals surface area contributed by atoms with E-state index in [2.05, 4.69) is 403 Å². The summed E-state index contributed by atoms with van der Waals surface area (Å²) in [7, 11) is 0. The molecule has 108 heavy (non-hydrogen) atoms. The van der Waals surface area contributed by atoms with Crippen LogP contribution in [0.2, 0.25) is 0 Å². The van der Waals surface area contributed by atoms with Gasteiger partial charge in [-0.1, -0.05) is 303 Å². The Kier molecular flexibility index (Phi) is 14.0. The van der Waals surface area contributed by atoms with E-state index >= 15 is 0 Å². The van der Waals surface area contributed by atoms with Gasteiger partial charge in [-0.15, -0.1) is 0 Å². The SMILES string of the molecule is c1ccc(-c2cccc(-c3cccc(-c4cccc(-c5ccccc5)c4)c3N3c4cc5c(cc4B4c6cc(-n7c8ccccc8c8ccccc87)ccc6N(c6c(-c7cccc(-c8ccccc8)c7)cccc6-c6cccc(-c7ccccc7)c6)c6c4c3cc3c6oc4ccccc43)oc3ccccc35)c2)cc1. The second kappa shape index (κ2) is 24.7. The first-order chi connectivity index (χ1) is 53.6. The average Bonchev–Trinajstić information content (AvgIpc) is 1.11. The molecule has 6 heteroatoms. The third-order valence-corrected chi connectivity index (χ3v) is 22.5. The van der Waals surface area contributed by atoms with Gasteiger partial charge in [-0.05, 0) is 168 Å². The van der Waals surface area contributed by atoms with Crippen LogP contribution < -0.4 is 26.2 Å². The van der Waals surface area contributed by atoms with Gasteiger partial charge in [0.15, 0.2) is 5.58 Å². The summed E-state index contributed by atoms with van der Waals surface area (Å²) in [4.78, 5) is 5.28. The molecular weight excluding hydrogens is 1310 g/mol. The number of nitrogens with zero attached hydrogens (tertiary/aromatic N) is 3. The number of benzene rings is 17. The van der Waals surface area contributed by atoms with Crippen LogP contribution in [0, 0.1) is 0 Å². The van der Waals surface area contributed by atoms with Crippen molar-refractivity contribution in [2.24, 2.45) is 0 Å². The number of rotatable bonds is 11. The van der Waals surface area contributed by atoms with Crippen LogP contribution in [0.1, 0.15) is 0 Å². The predicted octanol–water partition coefficient (Wildman–Crippen LogP) is 26.0. The maximum absolute atomic E-state index is 7.77. The first-order valence-corrected chi connectivity index (χ1v) is 37.1. The lowest BCUT2D eigenvalue weighted by Crippen LogP contribution is -2.61. The molecule has 0 fully saturated rings. The average molecular weight is 1370 g/mol. The van der Waals surface area contributed by atoms with Gasteiger partial charge < -0.3 is 23.2 Å². The number of anilines is 6. The van der Waals surface area contributed by atoms with E-state index < -0.39 is 6.71 Å². The van der Waals surface area contributed by atoms with Gasteiger partial charge in [0.05, 0.1) is 28.1 Å². The van der Waals surface area contributed by atoms with Gasteiger partial charge >= 0.3 is 0 Å². The van der Waals surface area contributed by atoms with Gasteiger partial charge in [-0.2, -0.15) is 0 Å². The van der Waals surface area contributed by atoms with Gasteiger partial charge in [0.2, 0.25) is 0 Å². The Balaban J connectivity index is 0.922. The maximum atomic E-state index is 7.77. The van der Waals surface area contributed by atoms with Gasteiger partial charge in [0.25, 0.3) is 6.71 Å². The van der Waals surface area contributed by atoms with Crippen molar-refractivity contribution in [2.45, 2.75) is 0 Å². The van der Waals surface area contributed by atoms with E-state index in [9.17, 15) is 0 Å². The third-order valence-electron chi connectivity index (χ3n) is 22.5. The highest BCUT2D eigenvalue weighted by Gasteiger charge is 2.48. The lowest BCUT2D eigenvalue weighted by Gasteiger charge is -2.45. The molecule has 0 saturated heterocycles. The van der Waals surface area contributed by atoms with Crippen molar-refractivity contribution in [3.63, 3.8) is 0 Å². The summed E-state index contributed by atoms with van der Waals surface area (Å²) < 4.78 is 17.5. The zero-order chi connectivity index (χ0) is 70.9. The smallest absolute Gasteiger partial charge is 0.252 e. The Morgan fingerprint density at radius 2 is 0.583 bits per heavy atom. The Morgan fingerprint density at radius 1 is 0.213 bits per heavy atom. The second-order valence-corrected chi connectivity index (χ2v) is 28.5. The standard InChI is InChI=1S/C102H64BN3O2/c1-5-27-65(28-6-1)69-35-21-39-73(57-69)78-47-25-48-79(74-40-22-36-70(58-74)66-29-7-2-8-30-66)99(78)105-93-62-86-84-45-15-19-53-95(84)107-97(86)64-89(93)103-88-61-77(104-90-51-17-13-43-82(90)83-44-14-18-52-91(83)104)55-56-92(88)106(101-98(103)94(105)63-87-85-46-16-20-54-96(85)108-102(87)101)100-80(75-41-23-37-71(59-75)67-31-9-3-10-32-67)49-26-50-81(100)76-42-24-38-72(60-76)68-33-11-4-12-34-68/h1-64H. The quantitative estimate of drug-likeness (QED) is 0.121. The van der Waals surface area contributed by atoms with E-state index in [-0.39, 0.29) is 0 Å². The summed E-state index contributed by atoms with van der Waals surface area (Å²) in [5, 5.41) is 6.52. The number of aromatic nitrogens is 1. The number of furan rings is 2. The molecule has 22 rings (SSSR count). The van der Waals surface area contributed by atoms with Crippen LogP contribution in [-0.2, 0) is 0 Å². The van der Waals surface area contributed by atoms with Crippen LogP contribution in [0.25, 0.3) is 160 Å². The van der Waals surface area contributed by atoms with Crippen LogP contribution in [0.4, 0.5) is 34.1 Å². The lowest BCUT2D eigenvalue weighted by molar-refractivity contribution is 0.669. The molecule has 2 aliphatic rings. The molecule has 20 aromatic rings. The molecule has 0 spiro atoms. The van der Waals surface area contributed by atoms with Crippen molar-refractivity contribution in [1.82, 2.24) is 4.57 Å². The lowest BCUT2D eigenvalue weighted by atomic mass is 9.33. The molecule has 0 radical (unpaired) electrons. The van der Waals surface area contributed by atoms with Crippen molar-refractivity contribution in [3.05, 3.63) is 388 Å². The summed E-state index contributed by atoms with van der Waals surface area (Å²) in [5.41, 5.74) is 33.8. The Bertz CT molecular complexity index is 6760. The number of fused-ring (bicyclic) bond motifs is 14. The third kappa shape index (κ3) is 9.74. The molecule has 0 atom stereocenters. The topological polar surface area (TPSA) is 37.7 Å². The molecule has 3 aromatic heterocycles. The highest BCUT2D eigenvalue weighted by molar-refractivity contribution is 7.00. The van der Waals surface area contributed by atoms with Gasteiger partial charge in [-0.25, -0.2) is 0 Å². The molecule has 2 aliphatic heterocycles. The fourth-order valence-corrected chi connectivity index (χ4v) is 17.7.